The number of methoxy groups -OCH3 is 1. The lowest BCUT2D eigenvalue weighted by molar-refractivity contribution is -0.141. The average Bonchev–Trinajstić information content (AvgIpc) is 2.59. The maximum absolute atomic E-state index is 12.0. The molecule has 0 heterocycles. The number of phenolic OH excluding ortho intramolecular Hbond substituents is 1. The molecule has 1 amide bonds. The number of carboxylic acid groups (broad SMARTS) is 1. The number of phenols is 1. The molecule has 0 bridgehead atoms. The zero-order chi connectivity index (χ0) is 17.5. The predicted molar refractivity (Wildman–Crippen MR) is 88.7 cm³/mol. The Hall–Kier alpha value is -3.28. The van der Waals surface area contributed by atoms with Crippen molar-refractivity contribution in [3.05, 3.63) is 65.7 Å². The Morgan fingerprint density at radius 3 is 2.50 bits per heavy atom. The van der Waals surface area contributed by atoms with Crippen molar-refractivity contribution in [2.45, 2.75) is 6.04 Å². The van der Waals surface area contributed by atoms with Gasteiger partial charge in [-0.05, 0) is 29.3 Å². The van der Waals surface area contributed by atoms with E-state index in [9.17, 15) is 19.8 Å². The van der Waals surface area contributed by atoms with Crippen LogP contribution in [0.4, 0.5) is 0 Å². The summed E-state index contributed by atoms with van der Waals surface area (Å²) < 4.78 is 4.98. The minimum atomic E-state index is -1.14. The van der Waals surface area contributed by atoms with Crippen LogP contribution in [0.5, 0.6) is 11.5 Å². The lowest BCUT2D eigenvalue weighted by Crippen LogP contribution is -2.32. The number of carbonyl (C=O) groups is 2. The molecule has 124 valence electrons. The molecule has 0 saturated carbocycles. The minimum absolute atomic E-state index is 0.00544. The van der Waals surface area contributed by atoms with Crippen molar-refractivity contribution in [1.82, 2.24) is 5.32 Å². The van der Waals surface area contributed by atoms with E-state index in [1.54, 1.807) is 42.5 Å². The zero-order valence-electron chi connectivity index (χ0n) is 13.0. The lowest BCUT2D eigenvalue weighted by Gasteiger charge is -2.13. The van der Waals surface area contributed by atoms with E-state index >= 15 is 0 Å². The largest absolute Gasteiger partial charge is 0.504 e. The van der Waals surface area contributed by atoms with Crippen molar-refractivity contribution in [1.29, 1.82) is 0 Å². The highest BCUT2D eigenvalue weighted by molar-refractivity contribution is 5.94. The van der Waals surface area contributed by atoms with E-state index in [1.807, 2.05) is 0 Å². The molecule has 2 aromatic rings. The first-order valence-electron chi connectivity index (χ1n) is 7.14. The summed E-state index contributed by atoms with van der Waals surface area (Å²) in [6.07, 6.45) is 2.73. The van der Waals surface area contributed by atoms with Gasteiger partial charge in [0, 0.05) is 6.08 Å². The van der Waals surface area contributed by atoms with Crippen LogP contribution in [0.1, 0.15) is 17.2 Å². The number of benzene rings is 2. The third kappa shape index (κ3) is 4.36. The smallest absolute Gasteiger partial charge is 0.330 e. The summed E-state index contributed by atoms with van der Waals surface area (Å²) in [4.78, 5) is 23.3. The van der Waals surface area contributed by atoms with E-state index in [4.69, 9.17) is 4.74 Å². The predicted octanol–water partition coefficient (Wildman–Crippen LogP) is 2.36. The summed E-state index contributed by atoms with van der Waals surface area (Å²) in [5.74, 6) is -1.41. The Morgan fingerprint density at radius 2 is 1.88 bits per heavy atom. The van der Waals surface area contributed by atoms with Crippen molar-refractivity contribution in [2.24, 2.45) is 0 Å². The van der Waals surface area contributed by atoms with Gasteiger partial charge in [0.1, 0.15) is 0 Å². The average molecular weight is 327 g/mol. The van der Waals surface area contributed by atoms with Crippen LogP contribution in [0.2, 0.25) is 0 Å². The topological polar surface area (TPSA) is 95.9 Å². The summed E-state index contributed by atoms with van der Waals surface area (Å²) in [7, 11) is 1.42. The van der Waals surface area contributed by atoms with Crippen molar-refractivity contribution in [2.75, 3.05) is 7.11 Å². The van der Waals surface area contributed by atoms with Crippen molar-refractivity contribution in [3.8, 4) is 11.5 Å². The first-order valence-corrected chi connectivity index (χ1v) is 7.14. The van der Waals surface area contributed by atoms with E-state index in [2.05, 4.69) is 5.32 Å². The minimum Gasteiger partial charge on any atom is -0.504 e. The third-order valence-corrected chi connectivity index (χ3v) is 3.30. The second kappa shape index (κ2) is 7.82. The van der Waals surface area contributed by atoms with Gasteiger partial charge in [-0.25, -0.2) is 4.79 Å². The van der Waals surface area contributed by atoms with Gasteiger partial charge in [-0.3, -0.25) is 4.79 Å². The quantitative estimate of drug-likeness (QED) is 0.708. The van der Waals surface area contributed by atoms with Crippen LogP contribution < -0.4 is 10.1 Å². The number of hydrogen-bond donors (Lipinski definition) is 3. The van der Waals surface area contributed by atoms with E-state index < -0.39 is 17.9 Å². The Kier molecular flexibility index (Phi) is 5.57. The number of aromatic hydroxyl groups is 1. The molecule has 2 aromatic carbocycles. The molecular formula is C18H17NO5. The van der Waals surface area contributed by atoms with Crippen molar-refractivity contribution < 1.29 is 24.5 Å². The van der Waals surface area contributed by atoms with Crippen molar-refractivity contribution in [3.63, 3.8) is 0 Å². The summed E-state index contributed by atoms with van der Waals surface area (Å²) in [5, 5.41) is 21.2. The standard InChI is InChI=1S/C18H17NO5/c1-24-15-11-12(7-9-14(15)20)8-10-16(21)19-17(18(22)23)13-5-3-2-4-6-13/h2-11,17,20H,1H3,(H,19,21)(H,22,23). The van der Waals surface area contributed by atoms with E-state index in [0.717, 1.165) is 0 Å². The fourth-order valence-electron chi connectivity index (χ4n) is 2.09. The van der Waals surface area contributed by atoms with Gasteiger partial charge in [-0.15, -0.1) is 0 Å². The molecule has 0 radical (unpaired) electrons. The number of aliphatic carboxylic acids is 1. The number of hydrogen-bond acceptors (Lipinski definition) is 4. The number of rotatable bonds is 6. The molecule has 0 aliphatic carbocycles. The van der Waals surface area contributed by atoms with Gasteiger partial charge in [-0.2, -0.15) is 0 Å². The maximum atomic E-state index is 12.0. The fraction of sp³-hybridized carbons (Fsp3) is 0.111. The second-order valence-corrected chi connectivity index (χ2v) is 4.96. The Morgan fingerprint density at radius 1 is 1.17 bits per heavy atom. The van der Waals surface area contributed by atoms with Crippen LogP contribution in [0, 0.1) is 0 Å². The number of carbonyl (C=O) groups excluding carboxylic acids is 1. The lowest BCUT2D eigenvalue weighted by atomic mass is 10.1. The monoisotopic (exact) mass is 327 g/mol. The Balaban J connectivity index is 2.10. The first-order chi connectivity index (χ1) is 11.5. The summed E-state index contributed by atoms with van der Waals surface area (Å²) in [6, 6.07) is 11.9. The van der Waals surface area contributed by atoms with Crippen LogP contribution in [0.25, 0.3) is 6.08 Å². The van der Waals surface area contributed by atoms with Crippen LogP contribution in [0.15, 0.2) is 54.6 Å². The highest BCUT2D eigenvalue weighted by atomic mass is 16.5. The molecule has 3 N–H and O–H groups in total. The summed E-state index contributed by atoms with van der Waals surface area (Å²) in [5.41, 5.74) is 1.12. The molecule has 0 aliphatic rings. The van der Waals surface area contributed by atoms with Crippen LogP contribution >= 0.6 is 0 Å². The molecule has 1 atom stereocenters. The zero-order valence-corrected chi connectivity index (χ0v) is 13.0. The molecule has 6 nitrogen and oxygen atoms in total. The van der Waals surface area contributed by atoms with Gasteiger partial charge in [0.25, 0.3) is 0 Å². The van der Waals surface area contributed by atoms with Gasteiger partial charge >= 0.3 is 5.97 Å². The van der Waals surface area contributed by atoms with E-state index in [-0.39, 0.29) is 11.5 Å². The molecule has 0 spiro atoms. The van der Waals surface area contributed by atoms with Gasteiger partial charge in [-0.1, -0.05) is 36.4 Å². The molecular weight excluding hydrogens is 310 g/mol. The van der Waals surface area contributed by atoms with Gasteiger partial charge in [0.05, 0.1) is 7.11 Å². The van der Waals surface area contributed by atoms with Gasteiger partial charge in [0.15, 0.2) is 17.5 Å². The number of ether oxygens (including phenoxy) is 1. The molecule has 0 saturated heterocycles. The van der Waals surface area contributed by atoms with Gasteiger partial charge < -0.3 is 20.3 Å². The highest BCUT2D eigenvalue weighted by Gasteiger charge is 2.20. The van der Waals surface area contributed by atoms with Gasteiger partial charge in [0.2, 0.25) is 5.91 Å². The maximum Gasteiger partial charge on any atom is 0.330 e. The van der Waals surface area contributed by atoms with Crippen LogP contribution in [-0.4, -0.2) is 29.2 Å². The Labute approximate surface area is 139 Å². The second-order valence-electron chi connectivity index (χ2n) is 4.96. The number of nitrogens with one attached hydrogen (secondary N) is 1. The molecule has 24 heavy (non-hydrogen) atoms. The normalized spacial score (nSPS) is 11.9. The number of carboxylic acids is 1. The van der Waals surface area contributed by atoms with Crippen LogP contribution in [-0.2, 0) is 9.59 Å². The molecule has 2 rings (SSSR count). The Bertz CT molecular complexity index is 755. The fourth-order valence-corrected chi connectivity index (χ4v) is 2.09. The summed E-state index contributed by atoms with van der Waals surface area (Å²) >= 11 is 0. The number of amides is 1. The highest BCUT2D eigenvalue weighted by Crippen LogP contribution is 2.26. The molecule has 6 heteroatoms. The molecule has 0 aromatic heterocycles. The van der Waals surface area contributed by atoms with E-state index in [1.165, 1.54) is 25.3 Å². The molecule has 0 fully saturated rings. The molecule has 0 aliphatic heterocycles. The molecule has 1 unspecified atom stereocenters. The van der Waals surface area contributed by atoms with Crippen LogP contribution in [0.3, 0.4) is 0 Å². The summed E-state index contributed by atoms with van der Waals surface area (Å²) in [6.45, 7) is 0. The first kappa shape index (κ1) is 17.1. The third-order valence-electron chi connectivity index (χ3n) is 3.30. The van der Waals surface area contributed by atoms with E-state index in [0.29, 0.717) is 11.1 Å². The van der Waals surface area contributed by atoms with Crippen molar-refractivity contribution >= 4 is 18.0 Å². The SMILES string of the molecule is COc1cc(C=CC(=O)NC(C(=O)O)c2ccccc2)ccc1O.